The molecule has 0 unspecified atom stereocenters. The van der Waals surface area contributed by atoms with Gasteiger partial charge in [0.05, 0.1) is 15.5 Å². The van der Waals surface area contributed by atoms with E-state index in [-0.39, 0.29) is 23.4 Å². The minimum absolute atomic E-state index is 0.154. The highest BCUT2D eigenvalue weighted by Crippen LogP contribution is 2.38. The summed E-state index contributed by atoms with van der Waals surface area (Å²) in [7, 11) is 0. The molecule has 0 saturated heterocycles. The van der Waals surface area contributed by atoms with E-state index in [2.05, 4.69) is 15.5 Å². The normalized spacial score (nSPS) is 11.2. The molecule has 3 aromatic carbocycles. The molecule has 9 heteroatoms. The number of nitrogens with zero attached hydrogens (tertiary/aromatic N) is 3. The van der Waals surface area contributed by atoms with Crippen molar-refractivity contribution in [2.75, 3.05) is 5.43 Å². The maximum atomic E-state index is 11.8. The van der Waals surface area contributed by atoms with Gasteiger partial charge < -0.3 is 5.11 Å². The molecule has 0 aliphatic heterocycles. The molecule has 164 valence electrons. The van der Waals surface area contributed by atoms with E-state index in [4.69, 9.17) is 0 Å². The molecule has 8 nitrogen and oxygen atoms in total. The number of carbonyl (C=O) groups is 1. The molecule has 0 fully saturated rings. The zero-order chi connectivity index (χ0) is 23.2. The van der Waals surface area contributed by atoms with Gasteiger partial charge in [-0.15, -0.1) is 0 Å². The first-order valence-corrected chi connectivity index (χ1v) is 10.7. The molecule has 2 N–H and O–H groups in total. The summed E-state index contributed by atoms with van der Waals surface area (Å²) in [6.07, 6.45) is -0.206. The molecule has 0 atom stereocenters. The van der Waals surface area contributed by atoms with E-state index >= 15 is 0 Å². The lowest BCUT2D eigenvalue weighted by molar-refractivity contribution is -0.385. The summed E-state index contributed by atoms with van der Waals surface area (Å²) in [5.41, 5.74) is 5.23. The van der Waals surface area contributed by atoms with Crippen molar-refractivity contribution in [2.45, 2.75) is 6.42 Å². The predicted octanol–water partition coefficient (Wildman–Crippen LogP) is 5.48. The first-order chi connectivity index (χ1) is 16.0. The Hall–Kier alpha value is -4.37. The van der Waals surface area contributed by atoms with Gasteiger partial charge in [-0.2, -0.15) is 5.10 Å². The van der Waals surface area contributed by atoms with Gasteiger partial charge in [-0.05, 0) is 5.56 Å². The SMILES string of the molecule is O=C(O)/C(Cc1ccccc1[N+](=O)[O-])=N/Nc1nc(-c2ccccc2)c(-c2ccccc2)s1. The van der Waals surface area contributed by atoms with Crippen LogP contribution in [0.1, 0.15) is 5.56 Å². The topological polar surface area (TPSA) is 118 Å². The average molecular weight is 458 g/mol. The second kappa shape index (κ2) is 9.84. The molecule has 1 heterocycles. The van der Waals surface area contributed by atoms with Gasteiger partial charge in [0.25, 0.3) is 5.69 Å². The number of nitrogens with one attached hydrogen (secondary N) is 1. The highest BCUT2D eigenvalue weighted by atomic mass is 32.1. The van der Waals surface area contributed by atoms with Gasteiger partial charge in [-0.1, -0.05) is 90.2 Å². The van der Waals surface area contributed by atoms with E-state index in [0.29, 0.717) is 5.13 Å². The van der Waals surface area contributed by atoms with Crippen LogP contribution in [-0.4, -0.2) is 26.7 Å². The van der Waals surface area contributed by atoms with Crippen molar-refractivity contribution in [1.29, 1.82) is 0 Å². The lowest BCUT2D eigenvalue weighted by atomic mass is 10.1. The van der Waals surface area contributed by atoms with Crippen LogP contribution in [-0.2, 0) is 11.2 Å². The first kappa shape index (κ1) is 21.8. The maximum absolute atomic E-state index is 11.8. The second-order valence-corrected chi connectivity index (χ2v) is 7.97. The fourth-order valence-corrected chi connectivity index (χ4v) is 4.18. The van der Waals surface area contributed by atoms with E-state index < -0.39 is 10.9 Å². The monoisotopic (exact) mass is 458 g/mol. The van der Waals surface area contributed by atoms with E-state index in [9.17, 15) is 20.0 Å². The van der Waals surface area contributed by atoms with Crippen LogP contribution in [0.4, 0.5) is 10.8 Å². The number of anilines is 1. The summed E-state index contributed by atoms with van der Waals surface area (Å²) in [5.74, 6) is -1.27. The highest BCUT2D eigenvalue weighted by molar-refractivity contribution is 7.19. The van der Waals surface area contributed by atoms with Crippen LogP contribution in [0.25, 0.3) is 21.7 Å². The van der Waals surface area contributed by atoms with Crippen molar-refractivity contribution in [2.24, 2.45) is 5.10 Å². The largest absolute Gasteiger partial charge is 0.477 e. The lowest BCUT2D eigenvalue weighted by Crippen LogP contribution is -2.18. The van der Waals surface area contributed by atoms with Crippen molar-refractivity contribution in [3.05, 3.63) is 101 Å². The van der Waals surface area contributed by atoms with Crippen LogP contribution >= 0.6 is 11.3 Å². The van der Waals surface area contributed by atoms with Crippen molar-refractivity contribution in [3.63, 3.8) is 0 Å². The highest BCUT2D eigenvalue weighted by Gasteiger charge is 2.19. The third kappa shape index (κ3) is 5.10. The Balaban J connectivity index is 1.67. The van der Waals surface area contributed by atoms with E-state index in [1.807, 2.05) is 60.7 Å². The molecule has 0 amide bonds. The molecule has 0 bridgehead atoms. The molecule has 0 spiro atoms. The van der Waals surface area contributed by atoms with Gasteiger partial charge in [0.2, 0.25) is 5.13 Å². The number of nitro benzene ring substituents is 1. The predicted molar refractivity (Wildman–Crippen MR) is 128 cm³/mol. The number of carboxylic acids is 1. The Morgan fingerprint density at radius 3 is 2.21 bits per heavy atom. The summed E-state index contributed by atoms with van der Waals surface area (Å²) in [6, 6.07) is 25.4. The number of thiazole rings is 1. The second-order valence-electron chi connectivity index (χ2n) is 6.97. The summed E-state index contributed by atoms with van der Waals surface area (Å²) >= 11 is 1.35. The summed E-state index contributed by atoms with van der Waals surface area (Å²) in [4.78, 5) is 28.0. The van der Waals surface area contributed by atoms with Crippen molar-refractivity contribution < 1.29 is 14.8 Å². The maximum Gasteiger partial charge on any atom is 0.352 e. The smallest absolute Gasteiger partial charge is 0.352 e. The van der Waals surface area contributed by atoms with Crippen LogP contribution in [0.3, 0.4) is 0 Å². The fraction of sp³-hybridized carbons (Fsp3) is 0.0417. The number of nitro groups is 1. The Morgan fingerprint density at radius 2 is 1.58 bits per heavy atom. The molecule has 33 heavy (non-hydrogen) atoms. The Labute approximate surface area is 193 Å². The molecular weight excluding hydrogens is 440 g/mol. The Bertz CT molecular complexity index is 1260. The van der Waals surface area contributed by atoms with Gasteiger partial charge in [0, 0.05) is 23.6 Å². The van der Waals surface area contributed by atoms with Gasteiger partial charge in [0.15, 0.2) is 0 Å². The van der Waals surface area contributed by atoms with Gasteiger partial charge in [-0.3, -0.25) is 15.5 Å². The van der Waals surface area contributed by atoms with Crippen molar-refractivity contribution in [1.82, 2.24) is 4.98 Å². The Morgan fingerprint density at radius 1 is 0.970 bits per heavy atom. The van der Waals surface area contributed by atoms with Gasteiger partial charge in [-0.25, -0.2) is 9.78 Å². The molecule has 0 aliphatic rings. The molecule has 4 rings (SSSR count). The standard InChI is InChI=1S/C24H18N4O4S/c29-23(30)19(15-18-13-7-8-14-20(18)28(31)32)26-27-24-25-21(16-9-3-1-4-10-16)22(33-24)17-11-5-2-6-12-17/h1-14H,15H2,(H,25,27)(H,29,30)/b26-19+. The van der Waals surface area contributed by atoms with E-state index in [1.54, 1.807) is 6.07 Å². The van der Waals surface area contributed by atoms with Crippen LogP contribution in [0, 0.1) is 10.1 Å². The molecule has 0 radical (unpaired) electrons. The molecule has 0 saturated carbocycles. The minimum atomic E-state index is -1.27. The quantitative estimate of drug-likeness (QED) is 0.205. The fourth-order valence-electron chi connectivity index (χ4n) is 3.24. The van der Waals surface area contributed by atoms with Crippen LogP contribution in [0.2, 0.25) is 0 Å². The lowest BCUT2D eigenvalue weighted by Gasteiger charge is -2.03. The zero-order valence-electron chi connectivity index (χ0n) is 17.2. The number of aliphatic carboxylic acids is 1. The van der Waals surface area contributed by atoms with E-state index in [1.165, 1.54) is 29.5 Å². The number of hydrazone groups is 1. The number of hydrogen-bond acceptors (Lipinski definition) is 7. The summed E-state index contributed by atoms with van der Waals surface area (Å²) in [6.45, 7) is 0. The van der Waals surface area contributed by atoms with Crippen LogP contribution < -0.4 is 5.43 Å². The summed E-state index contributed by atoms with van der Waals surface area (Å²) in [5, 5.41) is 25.3. The zero-order valence-corrected chi connectivity index (χ0v) is 18.0. The van der Waals surface area contributed by atoms with Gasteiger partial charge in [0.1, 0.15) is 5.71 Å². The van der Waals surface area contributed by atoms with Crippen molar-refractivity contribution >= 4 is 33.8 Å². The average Bonchev–Trinajstić information content (AvgIpc) is 3.27. The molecule has 1 aromatic heterocycles. The van der Waals surface area contributed by atoms with Crippen molar-refractivity contribution in [3.8, 4) is 21.7 Å². The molecular formula is C24H18N4O4S. The van der Waals surface area contributed by atoms with Crippen LogP contribution in [0.5, 0.6) is 0 Å². The number of aromatic nitrogens is 1. The molecule has 4 aromatic rings. The van der Waals surface area contributed by atoms with Gasteiger partial charge >= 0.3 is 5.97 Å². The minimum Gasteiger partial charge on any atom is -0.477 e. The third-order valence-electron chi connectivity index (χ3n) is 4.79. The summed E-state index contributed by atoms with van der Waals surface area (Å²) < 4.78 is 0. The number of hydrogen-bond donors (Lipinski definition) is 2. The molecule has 0 aliphatic carbocycles. The van der Waals surface area contributed by atoms with Crippen LogP contribution in [0.15, 0.2) is 90.0 Å². The number of carboxylic acid groups (broad SMARTS) is 1. The number of rotatable bonds is 8. The number of benzene rings is 3. The first-order valence-electron chi connectivity index (χ1n) is 9.92. The third-order valence-corrected chi connectivity index (χ3v) is 5.80. The number of para-hydroxylation sites is 1. The Kier molecular flexibility index (Phi) is 6.51. The van der Waals surface area contributed by atoms with E-state index in [0.717, 1.165) is 21.7 Å².